The van der Waals surface area contributed by atoms with Crippen LogP contribution in [-0.4, -0.2) is 18.1 Å². The molecule has 3 heteroatoms. The van der Waals surface area contributed by atoms with Crippen molar-refractivity contribution in [2.45, 2.75) is 12.8 Å². The van der Waals surface area contributed by atoms with E-state index in [1.54, 1.807) is 6.20 Å². The lowest BCUT2D eigenvalue weighted by Gasteiger charge is -2.34. The second-order valence-corrected chi connectivity index (χ2v) is 6.24. The molecule has 0 amide bonds. The highest BCUT2D eigenvalue weighted by molar-refractivity contribution is 5.67. The lowest BCUT2D eigenvalue weighted by Crippen LogP contribution is -2.37. The van der Waals surface area contributed by atoms with E-state index in [9.17, 15) is 0 Å². The molecule has 0 spiro atoms. The number of rotatable bonds is 3. The molecule has 0 radical (unpaired) electrons. The first-order chi connectivity index (χ1) is 10.9. The minimum Gasteiger partial charge on any atom is -0.456 e. The van der Waals surface area contributed by atoms with Gasteiger partial charge in [-0.2, -0.15) is 0 Å². The molecule has 2 heterocycles. The fourth-order valence-corrected chi connectivity index (χ4v) is 3.50. The number of allylic oxidation sites excluding steroid dienone is 1. The summed E-state index contributed by atoms with van der Waals surface area (Å²) < 4.78 is 5.90. The van der Waals surface area contributed by atoms with E-state index in [-0.39, 0.29) is 0 Å². The first-order valence-electron chi connectivity index (χ1n) is 7.96. The van der Waals surface area contributed by atoms with Crippen molar-refractivity contribution in [1.82, 2.24) is 10.3 Å². The fraction of sp³-hybridized carbons (Fsp3) is 0.316. The van der Waals surface area contributed by atoms with Gasteiger partial charge in [0.15, 0.2) is 0 Å². The molecule has 2 aromatic rings. The first-order valence-corrected chi connectivity index (χ1v) is 7.96. The van der Waals surface area contributed by atoms with E-state index in [4.69, 9.17) is 4.74 Å². The van der Waals surface area contributed by atoms with E-state index in [2.05, 4.69) is 22.4 Å². The van der Waals surface area contributed by atoms with Crippen LogP contribution in [0.5, 0.6) is 11.5 Å². The van der Waals surface area contributed by atoms with Crippen molar-refractivity contribution < 1.29 is 4.74 Å². The summed E-state index contributed by atoms with van der Waals surface area (Å²) in [5.74, 6) is 3.08. The van der Waals surface area contributed by atoms with Crippen LogP contribution in [0.25, 0.3) is 5.57 Å². The Morgan fingerprint density at radius 3 is 2.82 bits per heavy atom. The largest absolute Gasteiger partial charge is 0.456 e. The van der Waals surface area contributed by atoms with Gasteiger partial charge in [-0.1, -0.05) is 24.3 Å². The van der Waals surface area contributed by atoms with Crippen LogP contribution in [-0.2, 0) is 0 Å². The molecule has 1 saturated heterocycles. The zero-order valence-electron chi connectivity index (χ0n) is 12.5. The monoisotopic (exact) mass is 292 g/mol. The van der Waals surface area contributed by atoms with Crippen molar-refractivity contribution in [3.63, 3.8) is 0 Å². The van der Waals surface area contributed by atoms with E-state index >= 15 is 0 Å². The van der Waals surface area contributed by atoms with Crippen molar-refractivity contribution in [2.75, 3.05) is 13.1 Å². The summed E-state index contributed by atoms with van der Waals surface area (Å²) in [6.45, 7) is 2.25. The minimum absolute atomic E-state index is 0.668. The third-order valence-corrected chi connectivity index (χ3v) is 4.48. The van der Waals surface area contributed by atoms with Crippen LogP contribution in [0.2, 0.25) is 0 Å². The smallest absolute Gasteiger partial charge is 0.146 e. The average Bonchev–Trinajstić information content (AvgIpc) is 2.56. The Labute approximate surface area is 131 Å². The summed E-state index contributed by atoms with van der Waals surface area (Å²) in [6, 6.07) is 12.0. The SMILES string of the molecule is C1=C(c2cncc(Oc3ccccc3)c2)C[C@H]2CNC[C@@H]1C2. The van der Waals surface area contributed by atoms with Gasteiger partial charge in [0, 0.05) is 12.7 Å². The van der Waals surface area contributed by atoms with Crippen LogP contribution in [0.4, 0.5) is 0 Å². The van der Waals surface area contributed by atoms with Crippen LogP contribution in [0, 0.1) is 11.8 Å². The van der Waals surface area contributed by atoms with E-state index in [0.29, 0.717) is 5.92 Å². The number of piperidine rings is 1. The number of hydrogen-bond acceptors (Lipinski definition) is 3. The predicted molar refractivity (Wildman–Crippen MR) is 87.8 cm³/mol. The van der Waals surface area contributed by atoms with Gasteiger partial charge in [-0.05, 0) is 60.6 Å². The lowest BCUT2D eigenvalue weighted by molar-refractivity contribution is 0.316. The second kappa shape index (κ2) is 5.93. The molecule has 3 nitrogen and oxygen atoms in total. The molecule has 1 aromatic heterocycles. The second-order valence-electron chi connectivity index (χ2n) is 6.24. The number of aromatic nitrogens is 1. The molecular weight excluding hydrogens is 272 g/mol. The quantitative estimate of drug-likeness (QED) is 0.932. The van der Waals surface area contributed by atoms with E-state index < -0.39 is 0 Å². The van der Waals surface area contributed by atoms with Crippen LogP contribution >= 0.6 is 0 Å². The number of para-hydroxylation sites is 1. The third-order valence-electron chi connectivity index (χ3n) is 4.48. The highest BCUT2D eigenvalue weighted by Crippen LogP contribution is 2.36. The van der Waals surface area contributed by atoms with Crippen LogP contribution in [0.15, 0.2) is 54.9 Å². The number of nitrogens with zero attached hydrogens (tertiary/aromatic N) is 1. The van der Waals surface area contributed by atoms with Crippen LogP contribution in [0.1, 0.15) is 18.4 Å². The first kappa shape index (κ1) is 13.5. The standard InChI is InChI=1S/C19H20N2O/c1-2-4-18(5-3-1)22-19-9-17(12-21-13-19)16-7-14-6-15(8-16)11-20-10-14/h1-5,7,9,12-15,20H,6,8,10-11H2/t14-,15+/m1/s1. The topological polar surface area (TPSA) is 34.1 Å². The Hall–Kier alpha value is -2.13. The van der Waals surface area contributed by atoms with E-state index in [1.165, 1.54) is 17.6 Å². The van der Waals surface area contributed by atoms with Crippen molar-refractivity contribution in [3.05, 3.63) is 60.4 Å². The zero-order chi connectivity index (χ0) is 14.8. The Balaban J connectivity index is 1.58. The van der Waals surface area contributed by atoms with Gasteiger partial charge in [0.2, 0.25) is 0 Å². The molecule has 1 fully saturated rings. The Morgan fingerprint density at radius 1 is 1.05 bits per heavy atom. The molecular formula is C19H20N2O. The summed E-state index contributed by atoms with van der Waals surface area (Å²) in [7, 11) is 0. The van der Waals surface area contributed by atoms with Gasteiger partial charge in [-0.25, -0.2) is 0 Å². The number of hydrogen-bond donors (Lipinski definition) is 1. The molecule has 2 bridgehead atoms. The molecule has 2 aliphatic rings. The molecule has 1 aromatic carbocycles. The Bertz CT molecular complexity index is 681. The van der Waals surface area contributed by atoms with Gasteiger partial charge in [0.25, 0.3) is 0 Å². The van der Waals surface area contributed by atoms with Gasteiger partial charge >= 0.3 is 0 Å². The van der Waals surface area contributed by atoms with Crippen LogP contribution in [0.3, 0.4) is 0 Å². The molecule has 1 N–H and O–H groups in total. The Morgan fingerprint density at radius 2 is 1.95 bits per heavy atom. The highest BCUT2D eigenvalue weighted by atomic mass is 16.5. The minimum atomic E-state index is 0.668. The van der Waals surface area contributed by atoms with Crippen molar-refractivity contribution in [3.8, 4) is 11.5 Å². The molecule has 0 unspecified atom stereocenters. The molecule has 1 aliphatic heterocycles. The van der Waals surface area contributed by atoms with Crippen molar-refractivity contribution in [1.29, 1.82) is 0 Å². The normalized spacial score (nSPS) is 23.7. The number of ether oxygens (including phenoxy) is 1. The molecule has 22 heavy (non-hydrogen) atoms. The zero-order valence-corrected chi connectivity index (χ0v) is 12.5. The number of nitrogens with one attached hydrogen (secondary N) is 1. The van der Waals surface area contributed by atoms with E-state index in [0.717, 1.165) is 36.9 Å². The predicted octanol–water partition coefficient (Wildman–Crippen LogP) is 3.89. The molecule has 2 atom stereocenters. The van der Waals surface area contributed by atoms with Gasteiger partial charge < -0.3 is 10.1 Å². The summed E-state index contributed by atoms with van der Waals surface area (Å²) in [4.78, 5) is 4.37. The summed E-state index contributed by atoms with van der Waals surface area (Å²) in [5.41, 5.74) is 2.62. The number of fused-ring (bicyclic) bond motifs is 2. The average molecular weight is 292 g/mol. The summed E-state index contributed by atoms with van der Waals surface area (Å²) >= 11 is 0. The van der Waals surface area contributed by atoms with Gasteiger partial charge in [-0.3, -0.25) is 4.98 Å². The molecule has 4 rings (SSSR count). The van der Waals surface area contributed by atoms with E-state index in [1.807, 2.05) is 36.5 Å². The van der Waals surface area contributed by atoms with Crippen molar-refractivity contribution >= 4 is 5.57 Å². The lowest BCUT2D eigenvalue weighted by atomic mass is 9.78. The number of benzene rings is 1. The Kier molecular flexibility index (Phi) is 3.65. The van der Waals surface area contributed by atoms with Gasteiger partial charge in [0.05, 0.1) is 6.20 Å². The summed E-state index contributed by atoms with van der Waals surface area (Å²) in [5, 5.41) is 3.52. The molecule has 0 saturated carbocycles. The maximum absolute atomic E-state index is 5.90. The summed E-state index contributed by atoms with van der Waals surface area (Å²) in [6.07, 6.45) is 8.62. The van der Waals surface area contributed by atoms with Crippen molar-refractivity contribution in [2.24, 2.45) is 11.8 Å². The maximum atomic E-state index is 5.90. The third kappa shape index (κ3) is 2.90. The van der Waals surface area contributed by atoms with Gasteiger partial charge in [0.1, 0.15) is 11.5 Å². The molecule has 112 valence electrons. The fourth-order valence-electron chi connectivity index (χ4n) is 3.50. The highest BCUT2D eigenvalue weighted by Gasteiger charge is 2.26. The maximum Gasteiger partial charge on any atom is 0.146 e. The number of pyridine rings is 1. The van der Waals surface area contributed by atoms with Gasteiger partial charge in [-0.15, -0.1) is 0 Å². The molecule has 1 aliphatic carbocycles. The van der Waals surface area contributed by atoms with Crippen LogP contribution < -0.4 is 10.1 Å².